The number of amides is 1. The van der Waals surface area contributed by atoms with Gasteiger partial charge in [-0.25, -0.2) is 0 Å². The lowest BCUT2D eigenvalue weighted by atomic mass is 9.95. The highest BCUT2D eigenvalue weighted by Gasteiger charge is 2.52. The van der Waals surface area contributed by atoms with Crippen LogP contribution in [-0.2, 0) is 42.9 Å². The molecule has 3 rings (SSSR count). The average Bonchev–Trinajstić information content (AvgIpc) is 2.80. The van der Waals surface area contributed by atoms with Crippen LogP contribution >= 0.6 is 0 Å². The smallest absolute Gasteiger partial charge is 0.305 e. The second-order valence-electron chi connectivity index (χ2n) is 8.16. The van der Waals surface area contributed by atoms with Crippen molar-refractivity contribution in [2.24, 2.45) is 0 Å². The number of esters is 4. The molecular weight excluding hydrogens is 474 g/mol. The summed E-state index contributed by atoms with van der Waals surface area (Å²) in [5.41, 5.74) is 0.280. The molecule has 36 heavy (non-hydrogen) atoms. The van der Waals surface area contributed by atoms with Crippen LogP contribution in [0.15, 0.2) is 42.5 Å². The molecule has 1 N–H and O–H groups in total. The van der Waals surface area contributed by atoms with Crippen LogP contribution in [0.4, 0.5) is 0 Å². The molecule has 1 amide bonds. The quantitative estimate of drug-likeness (QED) is 0.439. The SMILES string of the molecule is CC(=O)OC[C@@H]1O[C@H](OC(C)=O)[C@H](NC(=O)c2ccc3ccccc3c2)[C@H](OC(C)=O)[C@@H]1OC(C)=O. The second-order valence-corrected chi connectivity index (χ2v) is 8.16. The van der Waals surface area contributed by atoms with Crippen molar-refractivity contribution < 1.29 is 47.7 Å². The molecule has 0 saturated carbocycles. The van der Waals surface area contributed by atoms with Crippen molar-refractivity contribution in [1.82, 2.24) is 5.32 Å². The minimum Gasteiger partial charge on any atom is -0.463 e. The first-order valence-electron chi connectivity index (χ1n) is 11.1. The average molecular weight is 501 g/mol. The van der Waals surface area contributed by atoms with Gasteiger partial charge in [-0.1, -0.05) is 30.3 Å². The van der Waals surface area contributed by atoms with Crippen molar-refractivity contribution in [3.05, 3.63) is 48.0 Å². The molecule has 0 bridgehead atoms. The molecule has 1 aliphatic rings. The summed E-state index contributed by atoms with van der Waals surface area (Å²) in [6, 6.07) is 11.2. The number of benzene rings is 2. The van der Waals surface area contributed by atoms with Crippen LogP contribution in [-0.4, -0.2) is 67.0 Å². The number of fused-ring (bicyclic) bond motifs is 1. The summed E-state index contributed by atoms with van der Waals surface area (Å²) in [6.07, 6.45) is -5.25. The monoisotopic (exact) mass is 501 g/mol. The minimum absolute atomic E-state index is 0.280. The molecule has 2 aromatic carbocycles. The fourth-order valence-electron chi connectivity index (χ4n) is 3.89. The Morgan fingerprint density at radius 2 is 1.39 bits per heavy atom. The van der Waals surface area contributed by atoms with Crippen LogP contribution in [0.25, 0.3) is 10.8 Å². The Kier molecular flexibility index (Phi) is 8.59. The first kappa shape index (κ1) is 26.6. The van der Waals surface area contributed by atoms with Crippen LogP contribution in [0, 0.1) is 0 Å². The van der Waals surface area contributed by atoms with Crippen LogP contribution in [0.2, 0.25) is 0 Å². The lowest BCUT2D eigenvalue weighted by Gasteiger charge is -2.44. The van der Waals surface area contributed by atoms with Crippen molar-refractivity contribution in [3.63, 3.8) is 0 Å². The van der Waals surface area contributed by atoms with E-state index in [0.29, 0.717) is 0 Å². The zero-order valence-corrected chi connectivity index (χ0v) is 20.2. The van der Waals surface area contributed by atoms with E-state index in [9.17, 15) is 24.0 Å². The molecule has 0 aromatic heterocycles. The highest BCUT2D eigenvalue weighted by atomic mass is 16.7. The second kappa shape index (κ2) is 11.6. The first-order chi connectivity index (χ1) is 17.0. The Hall–Kier alpha value is -3.99. The predicted molar refractivity (Wildman–Crippen MR) is 123 cm³/mol. The lowest BCUT2D eigenvalue weighted by Crippen LogP contribution is -2.67. The highest BCUT2D eigenvalue weighted by Crippen LogP contribution is 2.28. The molecule has 0 radical (unpaired) electrons. The molecular formula is C25H27NO10. The van der Waals surface area contributed by atoms with Gasteiger partial charge in [-0.3, -0.25) is 24.0 Å². The Bertz CT molecular complexity index is 1160. The van der Waals surface area contributed by atoms with E-state index in [1.165, 1.54) is 6.92 Å². The summed E-state index contributed by atoms with van der Waals surface area (Å²) in [5.74, 6) is -3.46. The number of carbonyl (C=O) groups is 5. The van der Waals surface area contributed by atoms with Crippen LogP contribution in [0.3, 0.4) is 0 Å². The minimum atomic E-state index is -1.45. The zero-order valence-electron chi connectivity index (χ0n) is 20.2. The van der Waals surface area contributed by atoms with E-state index in [-0.39, 0.29) is 5.56 Å². The molecule has 1 aliphatic heterocycles. The number of nitrogens with one attached hydrogen (secondary N) is 1. The van der Waals surface area contributed by atoms with Crippen molar-refractivity contribution in [2.75, 3.05) is 6.61 Å². The summed E-state index contributed by atoms with van der Waals surface area (Å²) in [5, 5.41) is 4.42. The lowest BCUT2D eigenvalue weighted by molar-refractivity contribution is -0.270. The number of hydrogen-bond donors (Lipinski definition) is 1. The molecule has 2 aromatic rings. The van der Waals surface area contributed by atoms with Crippen LogP contribution in [0.1, 0.15) is 38.1 Å². The van der Waals surface area contributed by atoms with Gasteiger partial charge in [-0.15, -0.1) is 0 Å². The highest BCUT2D eigenvalue weighted by molar-refractivity contribution is 5.98. The maximum absolute atomic E-state index is 13.2. The van der Waals surface area contributed by atoms with Gasteiger partial charge in [0.2, 0.25) is 6.29 Å². The van der Waals surface area contributed by atoms with Gasteiger partial charge in [0.25, 0.3) is 5.91 Å². The van der Waals surface area contributed by atoms with E-state index < -0.39 is 67.0 Å². The fourth-order valence-corrected chi connectivity index (χ4v) is 3.89. The van der Waals surface area contributed by atoms with Gasteiger partial charge < -0.3 is 29.0 Å². The maximum Gasteiger partial charge on any atom is 0.305 e. The van der Waals surface area contributed by atoms with E-state index in [1.54, 1.807) is 18.2 Å². The molecule has 11 nitrogen and oxygen atoms in total. The Balaban J connectivity index is 1.98. The topological polar surface area (TPSA) is 144 Å². The number of carbonyl (C=O) groups excluding carboxylic acids is 5. The molecule has 1 saturated heterocycles. The third kappa shape index (κ3) is 6.79. The van der Waals surface area contributed by atoms with Crippen molar-refractivity contribution in [1.29, 1.82) is 0 Å². The molecule has 1 heterocycles. The molecule has 0 spiro atoms. The maximum atomic E-state index is 13.2. The van der Waals surface area contributed by atoms with E-state index in [0.717, 1.165) is 31.5 Å². The summed E-state index contributed by atoms with van der Waals surface area (Å²) in [4.78, 5) is 60.3. The Morgan fingerprint density at radius 1 is 0.778 bits per heavy atom. The van der Waals surface area contributed by atoms with Gasteiger partial charge in [-0.2, -0.15) is 0 Å². The standard InChI is InChI=1S/C25H27NO10/c1-13(27)32-12-20-22(33-14(2)28)23(34-15(3)29)21(25(36-20)35-16(4)30)26-24(31)19-10-9-17-7-5-6-8-18(17)11-19/h5-11,20-23,25H,12H2,1-4H3,(H,26,31)/t20-,21+,22+,23-,25-/m0/s1. The first-order valence-corrected chi connectivity index (χ1v) is 11.1. The molecule has 11 heteroatoms. The Labute approximate surface area is 207 Å². The summed E-state index contributed by atoms with van der Waals surface area (Å²) in [7, 11) is 0. The predicted octanol–water partition coefficient (Wildman–Crippen LogP) is 1.65. The van der Waals surface area contributed by atoms with Gasteiger partial charge in [0, 0.05) is 33.3 Å². The number of ether oxygens (including phenoxy) is 5. The number of rotatable bonds is 7. The van der Waals surface area contributed by atoms with Crippen molar-refractivity contribution in [2.45, 2.75) is 58.3 Å². The largest absolute Gasteiger partial charge is 0.463 e. The summed E-state index contributed by atoms with van der Waals surface area (Å²) >= 11 is 0. The normalized spacial score (nSPS) is 23.3. The van der Waals surface area contributed by atoms with Crippen molar-refractivity contribution in [3.8, 4) is 0 Å². The molecule has 192 valence electrons. The third-order valence-electron chi connectivity index (χ3n) is 5.29. The van der Waals surface area contributed by atoms with Crippen LogP contribution in [0.5, 0.6) is 0 Å². The van der Waals surface area contributed by atoms with Crippen LogP contribution < -0.4 is 5.32 Å². The molecule has 1 fully saturated rings. The molecule has 0 unspecified atom stereocenters. The number of hydrogen-bond acceptors (Lipinski definition) is 10. The van der Waals surface area contributed by atoms with Crippen molar-refractivity contribution >= 4 is 40.6 Å². The third-order valence-corrected chi connectivity index (χ3v) is 5.29. The van der Waals surface area contributed by atoms with E-state index >= 15 is 0 Å². The van der Waals surface area contributed by atoms with Gasteiger partial charge in [-0.05, 0) is 22.9 Å². The Morgan fingerprint density at radius 3 is 2.00 bits per heavy atom. The van der Waals surface area contributed by atoms with E-state index in [2.05, 4.69) is 5.32 Å². The van der Waals surface area contributed by atoms with Gasteiger partial charge in [0.05, 0.1) is 0 Å². The molecule has 0 aliphatic carbocycles. The van der Waals surface area contributed by atoms with E-state index in [1.807, 2.05) is 24.3 Å². The van der Waals surface area contributed by atoms with E-state index in [4.69, 9.17) is 23.7 Å². The summed E-state index contributed by atoms with van der Waals surface area (Å²) in [6.45, 7) is 4.17. The fraction of sp³-hybridized carbons (Fsp3) is 0.400. The van der Waals surface area contributed by atoms with Gasteiger partial charge >= 0.3 is 23.9 Å². The summed E-state index contributed by atoms with van der Waals surface area (Å²) < 4.78 is 26.8. The zero-order chi connectivity index (χ0) is 26.4. The molecule has 5 atom stereocenters. The van der Waals surface area contributed by atoms with Gasteiger partial charge in [0.15, 0.2) is 12.2 Å². The van der Waals surface area contributed by atoms with Gasteiger partial charge in [0.1, 0.15) is 18.8 Å².